The number of anilines is 1. The van der Waals surface area contributed by atoms with E-state index in [9.17, 15) is 8.42 Å². The molecule has 0 saturated carbocycles. The molecule has 5 nitrogen and oxygen atoms in total. The molecule has 0 aliphatic heterocycles. The fourth-order valence-electron chi connectivity index (χ4n) is 0.974. The van der Waals surface area contributed by atoms with Crippen molar-refractivity contribution in [3.63, 3.8) is 0 Å². The highest BCUT2D eigenvalue weighted by Crippen LogP contribution is 2.14. The third-order valence-electron chi connectivity index (χ3n) is 1.98. The number of rotatable bonds is 3. The Balaban J connectivity index is 3.07. The fraction of sp³-hybridized carbons (Fsp3) is 0.333. The van der Waals surface area contributed by atoms with Crippen LogP contribution in [-0.4, -0.2) is 25.7 Å². The maximum Gasteiger partial charge on any atom is 0.252 e. The molecular weight excluding hydrogens is 214 g/mol. The smallest absolute Gasteiger partial charge is 0.252 e. The molecule has 1 rings (SSSR count). The Hall–Kier alpha value is -1.61. The van der Waals surface area contributed by atoms with Gasteiger partial charge in [-0.25, -0.2) is 13.4 Å². The quantitative estimate of drug-likeness (QED) is 0.761. The van der Waals surface area contributed by atoms with Crippen LogP contribution in [0.15, 0.2) is 24.4 Å². The molecule has 80 valence electrons. The molecule has 15 heavy (non-hydrogen) atoms. The average Bonchev–Trinajstić information content (AvgIpc) is 2.28. The van der Waals surface area contributed by atoms with Gasteiger partial charge >= 0.3 is 0 Å². The molecule has 0 saturated heterocycles. The minimum Gasteiger partial charge on any atom is -0.256 e. The number of nitriles is 1. The molecule has 1 aromatic heterocycles. The number of sulfonamides is 1. The van der Waals surface area contributed by atoms with E-state index >= 15 is 0 Å². The Bertz CT molecular complexity index is 464. The molecule has 0 aliphatic carbocycles. The summed E-state index contributed by atoms with van der Waals surface area (Å²) in [4.78, 5) is 3.90. The number of pyridine rings is 1. The minimum atomic E-state index is -3.63. The highest BCUT2D eigenvalue weighted by molar-refractivity contribution is 7.93. The van der Waals surface area contributed by atoms with Gasteiger partial charge in [-0.1, -0.05) is 6.07 Å². The second-order valence-corrected chi connectivity index (χ2v) is 5.26. The van der Waals surface area contributed by atoms with Crippen LogP contribution in [0.25, 0.3) is 0 Å². The Morgan fingerprint density at radius 2 is 2.20 bits per heavy atom. The van der Waals surface area contributed by atoms with Crippen molar-refractivity contribution < 1.29 is 8.42 Å². The van der Waals surface area contributed by atoms with Crippen molar-refractivity contribution in [2.75, 3.05) is 11.4 Å². The van der Waals surface area contributed by atoms with Gasteiger partial charge in [-0.3, -0.25) is 4.31 Å². The first-order valence-corrected chi connectivity index (χ1v) is 5.79. The molecule has 0 fully saturated rings. The van der Waals surface area contributed by atoms with Crippen LogP contribution in [0.4, 0.5) is 5.82 Å². The first-order valence-electron chi connectivity index (χ1n) is 4.28. The third-order valence-corrected chi connectivity index (χ3v) is 3.93. The topological polar surface area (TPSA) is 74.1 Å². The maximum atomic E-state index is 11.7. The molecule has 0 bridgehead atoms. The molecule has 0 N–H and O–H groups in total. The highest BCUT2D eigenvalue weighted by Gasteiger charge is 2.26. The van der Waals surface area contributed by atoms with Gasteiger partial charge in [0.15, 0.2) is 5.25 Å². The predicted molar refractivity (Wildman–Crippen MR) is 56.6 cm³/mol. The highest BCUT2D eigenvalue weighted by atomic mass is 32.2. The summed E-state index contributed by atoms with van der Waals surface area (Å²) in [5, 5.41) is 7.51. The molecule has 1 aromatic rings. The van der Waals surface area contributed by atoms with Crippen molar-refractivity contribution in [2.24, 2.45) is 0 Å². The van der Waals surface area contributed by atoms with Crippen LogP contribution in [0.5, 0.6) is 0 Å². The lowest BCUT2D eigenvalue weighted by Crippen LogP contribution is -2.34. The molecule has 0 radical (unpaired) electrons. The van der Waals surface area contributed by atoms with E-state index in [1.807, 2.05) is 0 Å². The first kappa shape index (κ1) is 11.5. The van der Waals surface area contributed by atoms with Crippen LogP contribution in [0, 0.1) is 11.3 Å². The fourth-order valence-corrected chi connectivity index (χ4v) is 1.95. The zero-order valence-electron chi connectivity index (χ0n) is 8.45. The average molecular weight is 225 g/mol. The van der Waals surface area contributed by atoms with Crippen LogP contribution in [0.1, 0.15) is 6.92 Å². The van der Waals surface area contributed by atoms with Gasteiger partial charge in [0.1, 0.15) is 5.82 Å². The van der Waals surface area contributed by atoms with E-state index in [1.54, 1.807) is 24.3 Å². The molecule has 1 atom stereocenters. The van der Waals surface area contributed by atoms with Crippen LogP contribution in [-0.2, 0) is 10.0 Å². The summed E-state index contributed by atoms with van der Waals surface area (Å²) in [6.45, 7) is 1.34. The normalized spacial score (nSPS) is 12.9. The number of hydrogen-bond acceptors (Lipinski definition) is 4. The van der Waals surface area contributed by atoms with E-state index in [1.165, 1.54) is 20.2 Å². The molecular formula is C9H11N3O2S. The molecule has 0 aliphatic rings. The van der Waals surface area contributed by atoms with E-state index in [-0.39, 0.29) is 0 Å². The minimum absolute atomic E-state index is 0.305. The summed E-state index contributed by atoms with van der Waals surface area (Å²) < 4.78 is 24.5. The molecule has 0 spiro atoms. The van der Waals surface area contributed by atoms with E-state index in [0.717, 1.165) is 4.31 Å². The second kappa shape index (κ2) is 4.28. The van der Waals surface area contributed by atoms with E-state index in [4.69, 9.17) is 5.26 Å². The monoisotopic (exact) mass is 225 g/mol. The van der Waals surface area contributed by atoms with Crippen LogP contribution >= 0.6 is 0 Å². The largest absolute Gasteiger partial charge is 0.256 e. The van der Waals surface area contributed by atoms with Gasteiger partial charge in [-0.15, -0.1) is 0 Å². The van der Waals surface area contributed by atoms with Crippen molar-refractivity contribution in [3.05, 3.63) is 24.4 Å². The Morgan fingerprint density at radius 3 is 2.67 bits per heavy atom. The van der Waals surface area contributed by atoms with Gasteiger partial charge in [0, 0.05) is 13.2 Å². The van der Waals surface area contributed by atoms with Crippen molar-refractivity contribution in [1.29, 1.82) is 5.26 Å². The third kappa shape index (κ3) is 2.25. The summed E-state index contributed by atoms with van der Waals surface area (Å²) in [7, 11) is -2.25. The van der Waals surface area contributed by atoms with Crippen molar-refractivity contribution in [1.82, 2.24) is 4.98 Å². The van der Waals surface area contributed by atoms with Crippen molar-refractivity contribution in [2.45, 2.75) is 12.2 Å². The van der Waals surface area contributed by atoms with Gasteiger partial charge in [0.25, 0.3) is 10.0 Å². The first-order chi connectivity index (χ1) is 7.00. The lowest BCUT2D eigenvalue weighted by Gasteiger charge is -2.19. The molecule has 0 aromatic carbocycles. The van der Waals surface area contributed by atoms with Gasteiger partial charge < -0.3 is 0 Å². The van der Waals surface area contributed by atoms with E-state index < -0.39 is 15.3 Å². The number of hydrogen-bond donors (Lipinski definition) is 0. The predicted octanol–water partition coefficient (Wildman–Crippen LogP) is 0.760. The standard InChI is InChI=1S/C9H11N3O2S/c1-8(7-10)15(13,14)12(2)9-5-3-4-6-11-9/h3-6,8H,1-2H3. The van der Waals surface area contributed by atoms with Crippen LogP contribution in [0.3, 0.4) is 0 Å². The zero-order chi connectivity index (χ0) is 11.5. The van der Waals surface area contributed by atoms with Crippen LogP contribution in [0.2, 0.25) is 0 Å². The molecule has 0 amide bonds. The van der Waals surface area contributed by atoms with E-state index in [0.29, 0.717) is 5.82 Å². The number of aromatic nitrogens is 1. The summed E-state index contributed by atoms with van der Waals surface area (Å²) in [5.74, 6) is 0.305. The Morgan fingerprint density at radius 1 is 1.53 bits per heavy atom. The lowest BCUT2D eigenvalue weighted by atomic mass is 10.5. The van der Waals surface area contributed by atoms with E-state index in [2.05, 4.69) is 4.98 Å². The summed E-state index contributed by atoms with van der Waals surface area (Å²) >= 11 is 0. The summed E-state index contributed by atoms with van der Waals surface area (Å²) in [6.07, 6.45) is 1.50. The molecule has 1 unspecified atom stereocenters. The van der Waals surface area contributed by atoms with Crippen LogP contribution < -0.4 is 4.31 Å². The zero-order valence-corrected chi connectivity index (χ0v) is 9.27. The SMILES string of the molecule is CC(C#N)S(=O)(=O)N(C)c1ccccn1. The van der Waals surface area contributed by atoms with Crippen molar-refractivity contribution in [3.8, 4) is 6.07 Å². The molecule has 1 heterocycles. The maximum absolute atomic E-state index is 11.7. The Kier molecular flexibility index (Phi) is 3.27. The Labute approximate surface area is 89.0 Å². The summed E-state index contributed by atoms with van der Waals surface area (Å²) in [6, 6.07) is 6.65. The van der Waals surface area contributed by atoms with Crippen molar-refractivity contribution >= 4 is 15.8 Å². The van der Waals surface area contributed by atoms with Gasteiger partial charge in [0.2, 0.25) is 0 Å². The van der Waals surface area contributed by atoms with Gasteiger partial charge in [-0.2, -0.15) is 5.26 Å². The van der Waals surface area contributed by atoms with Gasteiger partial charge in [-0.05, 0) is 19.1 Å². The number of nitrogens with zero attached hydrogens (tertiary/aromatic N) is 3. The lowest BCUT2D eigenvalue weighted by molar-refractivity contribution is 0.589. The second-order valence-electron chi connectivity index (χ2n) is 2.97. The van der Waals surface area contributed by atoms with Gasteiger partial charge in [0.05, 0.1) is 6.07 Å². The molecule has 6 heteroatoms. The summed E-state index contributed by atoms with van der Waals surface area (Å²) in [5.41, 5.74) is 0.